The molecule has 2 aromatic rings. The minimum absolute atomic E-state index is 0.291. The number of rotatable bonds is 3. The molecule has 0 aliphatic carbocycles. The van der Waals surface area contributed by atoms with E-state index in [4.69, 9.17) is 23.8 Å². The number of piperazine rings is 1. The van der Waals surface area contributed by atoms with Crippen molar-refractivity contribution in [3.05, 3.63) is 64.9 Å². The Bertz CT molecular complexity index is 700. The molecule has 6 heteroatoms. The number of para-hydroxylation sites is 1. The Morgan fingerprint density at radius 1 is 1.04 bits per heavy atom. The highest BCUT2D eigenvalue weighted by Gasteiger charge is 2.19. The Kier molecular flexibility index (Phi) is 5.66. The fraction of sp³-hybridized carbons (Fsp3) is 0.278. The summed E-state index contributed by atoms with van der Waals surface area (Å²) in [5.74, 6) is -0.291. The van der Waals surface area contributed by atoms with Gasteiger partial charge < -0.3 is 10.2 Å². The van der Waals surface area contributed by atoms with Gasteiger partial charge in [0.1, 0.15) is 5.82 Å². The highest BCUT2D eigenvalue weighted by atomic mass is 35.5. The lowest BCUT2D eigenvalue weighted by atomic mass is 10.2. The van der Waals surface area contributed by atoms with Gasteiger partial charge in [-0.15, -0.1) is 0 Å². The molecule has 1 aliphatic rings. The molecule has 3 rings (SSSR count). The summed E-state index contributed by atoms with van der Waals surface area (Å²) in [7, 11) is 0. The predicted octanol–water partition coefficient (Wildman–Crippen LogP) is 3.99. The molecule has 0 unspecified atom stereocenters. The van der Waals surface area contributed by atoms with E-state index in [9.17, 15) is 4.39 Å². The largest absolute Gasteiger partial charge is 0.346 e. The summed E-state index contributed by atoms with van der Waals surface area (Å²) >= 11 is 11.3. The van der Waals surface area contributed by atoms with Crippen LogP contribution < -0.4 is 5.32 Å². The first kappa shape index (κ1) is 17.1. The summed E-state index contributed by atoms with van der Waals surface area (Å²) in [6.45, 7) is 4.39. The molecule has 126 valence electrons. The van der Waals surface area contributed by atoms with Gasteiger partial charge in [0, 0.05) is 37.7 Å². The first-order valence-electron chi connectivity index (χ1n) is 7.89. The van der Waals surface area contributed by atoms with Crippen molar-refractivity contribution in [2.45, 2.75) is 6.54 Å². The molecule has 1 aliphatic heterocycles. The summed E-state index contributed by atoms with van der Waals surface area (Å²) in [5, 5.41) is 4.33. The molecule has 0 bridgehead atoms. The molecule has 0 aromatic heterocycles. The summed E-state index contributed by atoms with van der Waals surface area (Å²) < 4.78 is 13.7. The second-order valence-corrected chi connectivity index (χ2v) is 6.62. The third-order valence-electron chi connectivity index (χ3n) is 4.09. The Balaban J connectivity index is 1.50. The first-order chi connectivity index (χ1) is 11.6. The number of thiocarbonyl (C=S) groups is 1. The third-order valence-corrected chi connectivity index (χ3v) is 4.71. The summed E-state index contributed by atoms with van der Waals surface area (Å²) in [5.41, 5.74) is 1.67. The molecular weight excluding hydrogens is 345 g/mol. The van der Waals surface area contributed by atoms with Crippen molar-refractivity contribution >= 4 is 34.6 Å². The van der Waals surface area contributed by atoms with Crippen LogP contribution in [0.25, 0.3) is 0 Å². The van der Waals surface area contributed by atoms with E-state index in [1.165, 1.54) is 11.6 Å². The topological polar surface area (TPSA) is 18.5 Å². The predicted molar refractivity (Wildman–Crippen MR) is 101 cm³/mol. The van der Waals surface area contributed by atoms with Crippen molar-refractivity contribution < 1.29 is 4.39 Å². The van der Waals surface area contributed by atoms with Gasteiger partial charge >= 0.3 is 0 Å². The van der Waals surface area contributed by atoms with Crippen molar-refractivity contribution in [1.82, 2.24) is 9.80 Å². The van der Waals surface area contributed by atoms with Crippen LogP contribution in [-0.4, -0.2) is 41.1 Å². The second-order valence-electron chi connectivity index (χ2n) is 5.80. The van der Waals surface area contributed by atoms with Crippen LogP contribution in [0.3, 0.4) is 0 Å². The highest BCUT2D eigenvalue weighted by molar-refractivity contribution is 7.80. The van der Waals surface area contributed by atoms with Gasteiger partial charge in [-0.1, -0.05) is 35.9 Å². The molecule has 0 amide bonds. The van der Waals surface area contributed by atoms with Crippen LogP contribution in [0.2, 0.25) is 5.02 Å². The smallest absolute Gasteiger partial charge is 0.173 e. The number of hydrogen-bond donors (Lipinski definition) is 1. The maximum absolute atomic E-state index is 13.7. The lowest BCUT2D eigenvalue weighted by Crippen LogP contribution is -2.49. The maximum Gasteiger partial charge on any atom is 0.173 e. The van der Waals surface area contributed by atoms with Crippen LogP contribution in [0, 0.1) is 5.82 Å². The zero-order valence-electron chi connectivity index (χ0n) is 13.2. The molecule has 0 radical (unpaired) electrons. The van der Waals surface area contributed by atoms with Gasteiger partial charge in [0.05, 0.1) is 5.69 Å². The van der Waals surface area contributed by atoms with E-state index >= 15 is 0 Å². The third kappa shape index (κ3) is 4.44. The van der Waals surface area contributed by atoms with Gasteiger partial charge in [-0.05, 0) is 42.0 Å². The minimum Gasteiger partial charge on any atom is -0.346 e. The molecular formula is C18H19ClFN3S. The zero-order valence-corrected chi connectivity index (χ0v) is 14.8. The van der Waals surface area contributed by atoms with E-state index in [-0.39, 0.29) is 5.82 Å². The fourth-order valence-electron chi connectivity index (χ4n) is 2.71. The number of nitrogens with one attached hydrogen (secondary N) is 1. The Hall–Kier alpha value is -1.69. The van der Waals surface area contributed by atoms with Crippen molar-refractivity contribution in [1.29, 1.82) is 0 Å². The van der Waals surface area contributed by atoms with E-state index in [0.717, 1.165) is 37.7 Å². The highest BCUT2D eigenvalue weighted by Crippen LogP contribution is 2.15. The van der Waals surface area contributed by atoms with Crippen LogP contribution in [0.15, 0.2) is 48.5 Å². The molecule has 0 atom stereocenters. The van der Waals surface area contributed by atoms with Gasteiger partial charge in [0.15, 0.2) is 5.11 Å². The van der Waals surface area contributed by atoms with Crippen molar-refractivity contribution in [3.63, 3.8) is 0 Å². The lowest BCUT2D eigenvalue weighted by Gasteiger charge is -2.36. The average Bonchev–Trinajstić information content (AvgIpc) is 2.59. The van der Waals surface area contributed by atoms with E-state index in [1.807, 2.05) is 12.1 Å². The van der Waals surface area contributed by atoms with E-state index in [2.05, 4.69) is 27.2 Å². The minimum atomic E-state index is -0.291. The number of nitrogens with zero attached hydrogens (tertiary/aromatic N) is 2. The van der Waals surface area contributed by atoms with E-state index < -0.39 is 0 Å². The average molecular weight is 364 g/mol. The van der Waals surface area contributed by atoms with Gasteiger partial charge in [-0.3, -0.25) is 4.90 Å². The van der Waals surface area contributed by atoms with Gasteiger partial charge in [-0.25, -0.2) is 4.39 Å². The normalized spacial score (nSPS) is 15.3. The van der Waals surface area contributed by atoms with E-state index in [1.54, 1.807) is 18.2 Å². The number of hydrogen-bond acceptors (Lipinski definition) is 2. The molecule has 1 saturated heterocycles. The summed E-state index contributed by atoms with van der Waals surface area (Å²) in [4.78, 5) is 4.46. The van der Waals surface area contributed by atoms with Crippen LogP contribution in [-0.2, 0) is 6.54 Å². The summed E-state index contributed by atoms with van der Waals surface area (Å²) in [6, 6.07) is 14.5. The van der Waals surface area contributed by atoms with Crippen LogP contribution >= 0.6 is 23.8 Å². The van der Waals surface area contributed by atoms with Crippen molar-refractivity contribution in [2.24, 2.45) is 0 Å². The fourth-order valence-corrected chi connectivity index (χ4v) is 3.13. The molecule has 2 aromatic carbocycles. The number of halogens is 2. The van der Waals surface area contributed by atoms with Gasteiger partial charge in [-0.2, -0.15) is 0 Å². The number of benzene rings is 2. The van der Waals surface area contributed by atoms with Gasteiger partial charge in [0.25, 0.3) is 0 Å². The van der Waals surface area contributed by atoms with Crippen LogP contribution in [0.1, 0.15) is 5.56 Å². The molecule has 1 fully saturated rings. The van der Waals surface area contributed by atoms with Crippen LogP contribution in [0.5, 0.6) is 0 Å². The Morgan fingerprint density at radius 2 is 1.71 bits per heavy atom. The SMILES string of the molecule is Fc1ccccc1NC(=S)N1CCN(Cc2ccc(Cl)cc2)CC1. The van der Waals surface area contributed by atoms with Crippen molar-refractivity contribution in [2.75, 3.05) is 31.5 Å². The monoisotopic (exact) mass is 363 g/mol. The summed E-state index contributed by atoms with van der Waals surface area (Å²) in [6.07, 6.45) is 0. The number of anilines is 1. The Labute approximate surface area is 152 Å². The van der Waals surface area contributed by atoms with Gasteiger partial charge in [0.2, 0.25) is 0 Å². The molecule has 24 heavy (non-hydrogen) atoms. The van der Waals surface area contributed by atoms with Crippen molar-refractivity contribution in [3.8, 4) is 0 Å². The molecule has 0 spiro atoms. The Morgan fingerprint density at radius 3 is 2.38 bits per heavy atom. The van der Waals surface area contributed by atoms with E-state index in [0.29, 0.717) is 10.8 Å². The molecule has 0 saturated carbocycles. The van der Waals surface area contributed by atoms with Crippen LogP contribution in [0.4, 0.5) is 10.1 Å². The molecule has 3 nitrogen and oxygen atoms in total. The maximum atomic E-state index is 13.7. The molecule has 1 heterocycles. The zero-order chi connectivity index (χ0) is 16.9. The second kappa shape index (κ2) is 7.92. The first-order valence-corrected chi connectivity index (χ1v) is 8.68. The lowest BCUT2D eigenvalue weighted by molar-refractivity contribution is 0.177. The molecule has 1 N–H and O–H groups in total. The standard InChI is InChI=1S/C18H19ClFN3S/c19-15-7-5-14(6-8-15)13-22-9-11-23(12-10-22)18(24)21-17-4-2-1-3-16(17)20/h1-8H,9-13H2,(H,21,24). The quantitative estimate of drug-likeness (QED) is 0.830.